The highest BCUT2D eigenvalue weighted by molar-refractivity contribution is 7.98. The van der Waals surface area contributed by atoms with Crippen LogP contribution in [0.2, 0.25) is 0 Å². The molecule has 4 heteroatoms. The molecule has 0 saturated heterocycles. The Morgan fingerprint density at radius 3 is 2.30 bits per heavy atom. The smallest absolute Gasteiger partial charge is 0.131 e. The molecule has 0 aliphatic heterocycles. The largest absolute Gasteiger partial charge is 0.494 e. The number of amidine groups is 1. The number of nitrogens with zero attached hydrogens (tertiary/aromatic N) is 1. The quantitative estimate of drug-likeness (QED) is 0.516. The molecule has 2 aromatic carbocycles. The van der Waals surface area contributed by atoms with Crippen molar-refractivity contribution in [2.45, 2.75) is 11.8 Å². The Morgan fingerprint density at radius 1 is 1.10 bits per heavy atom. The summed E-state index contributed by atoms with van der Waals surface area (Å²) in [7, 11) is 0. The summed E-state index contributed by atoms with van der Waals surface area (Å²) in [5, 5.41) is 0. The number of benzene rings is 2. The number of nitrogens with two attached hydrogens (primary N) is 1. The molecule has 0 radical (unpaired) electrons. The number of hydrogen-bond donors (Lipinski definition) is 1. The van der Waals surface area contributed by atoms with Gasteiger partial charge >= 0.3 is 0 Å². The minimum absolute atomic E-state index is 0.516. The Balaban J connectivity index is 2.15. The highest BCUT2D eigenvalue weighted by atomic mass is 32.2. The van der Waals surface area contributed by atoms with Crippen LogP contribution in [0.5, 0.6) is 5.75 Å². The van der Waals surface area contributed by atoms with E-state index >= 15 is 0 Å². The third-order valence-electron chi connectivity index (χ3n) is 2.78. The lowest BCUT2D eigenvalue weighted by Crippen LogP contribution is -2.12. The van der Waals surface area contributed by atoms with Crippen molar-refractivity contribution in [3.63, 3.8) is 0 Å². The molecule has 0 atom stereocenters. The van der Waals surface area contributed by atoms with Crippen molar-refractivity contribution in [2.24, 2.45) is 10.7 Å². The molecule has 104 valence electrons. The lowest BCUT2D eigenvalue weighted by molar-refractivity contribution is 0.340. The molecule has 0 aromatic heterocycles. The van der Waals surface area contributed by atoms with Crippen molar-refractivity contribution in [1.82, 2.24) is 0 Å². The molecule has 0 saturated carbocycles. The fourth-order valence-electron chi connectivity index (χ4n) is 1.75. The molecule has 0 fully saturated rings. The summed E-state index contributed by atoms with van der Waals surface area (Å²) in [6.07, 6.45) is 2.05. The van der Waals surface area contributed by atoms with Crippen LogP contribution in [0.4, 0.5) is 5.69 Å². The average molecular weight is 286 g/mol. The van der Waals surface area contributed by atoms with Crippen LogP contribution in [0.15, 0.2) is 58.4 Å². The summed E-state index contributed by atoms with van der Waals surface area (Å²) < 4.78 is 5.39. The summed E-state index contributed by atoms with van der Waals surface area (Å²) in [5.41, 5.74) is 7.77. The predicted molar refractivity (Wildman–Crippen MR) is 86.2 cm³/mol. The van der Waals surface area contributed by atoms with Crippen LogP contribution in [-0.2, 0) is 0 Å². The van der Waals surface area contributed by atoms with Crippen LogP contribution in [0.1, 0.15) is 12.5 Å². The average Bonchev–Trinajstić information content (AvgIpc) is 2.49. The summed E-state index contributed by atoms with van der Waals surface area (Å²) in [6, 6.07) is 15.6. The summed E-state index contributed by atoms with van der Waals surface area (Å²) in [4.78, 5) is 5.63. The van der Waals surface area contributed by atoms with E-state index in [0.717, 1.165) is 17.0 Å². The van der Waals surface area contributed by atoms with Crippen LogP contribution < -0.4 is 10.5 Å². The Bertz CT molecular complexity index is 576. The Kier molecular flexibility index (Phi) is 5.07. The predicted octanol–water partition coefficient (Wildman–Crippen LogP) is 3.84. The maximum absolute atomic E-state index is 6.03. The van der Waals surface area contributed by atoms with Gasteiger partial charge in [0.1, 0.15) is 11.6 Å². The molecule has 0 amide bonds. The summed E-state index contributed by atoms with van der Waals surface area (Å²) in [5.74, 6) is 1.36. The van der Waals surface area contributed by atoms with Gasteiger partial charge in [-0.2, -0.15) is 0 Å². The Morgan fingerprint density at radius 2 is 1.75 bits per heavy atom. The van der Waals surface area contributed by atoms with Crippen LogP contribution in [0.25, 0.3) is 0 Å². The lowest BCUT2D eigenvalue weighted by Gasteiger charge is -2.04. The van der Waals surface area contributed by atoms with E-state index < -0.39 is 0 Å². The fourth-order valence-corrected chi connectivity index (χ4v) is 2.16. The summed E-state index contributed by atoms with van der Waals surface area (Å²) >= 11 is 1.70. The molecule has 0 aliphatic rings. The second-order valence-corrected chi connectivity index (χ2v) is 5.03. The minimum atomic E-state index is 0.516. The van der Waals surface area contributed by atoms with Crippen LogP contribution in [-0.4, -0.2) is 18.7 Å². The molecule has 2 rings (SSSR count). The van der Waals surface area contributed by atoms with E-state index in [1.165, 1.54) is 4.90 Å². The van der Waals surface area contributed by atoms with Gasteiger partial charge < -0.3 is 10.5 Å². The molecule has 3 nitrogen and oxygen atoms in total. The molecule has 20 heavy (non-hydrogen) atoms. The number of rotatable bonds is 5. The molecule has 2 N–H and O–H groups in total. The first-order chi connectivity index (χ1) is 9.72. The van der Waals surface area contributed by atoms with Gasteiger partial charge in [-0.3, -0.25) is 0 Å². The number of hydrogen-bond acceptors (Lipinski definition) is 3. The van der Waals surface area contributed by atoms with Gasteiger partial charge in [0.25, 0.3) is 0 Å². The molecule has 0 bridgehead atoms. The van der Waals surface area contributed by atoms with Crippen molar-refractivity contribution in [2.75, 3.05) is 12.9 Å². The summed E-state index contributed by atoms with van der Waals surface area (Å²) in [6.45, 7) is 2.62. The van der Waals surface area contributed by atoms with Crippen LogP contribution in [0.3, 0.4) is 0 Å². The maximum atomic E-state index is 6.03. The van der Waals surface area contributed by atoms with Crippen molar-refractivity contribution in [3.05, 3.63) is 54.1 Å². The van der Waals surface area contributed by atoms with Gasteiger partial charge in [-0.25, -0.2) is 4.99 Å². The molecule has 0 heterocycles. The number of aliphatic imine (C=N–C) groups is 1. The second kappa shape index (κ2) is 7.01. The highest BCUT2D eigenvalue weighted by Crippen LogP contribution is 2.19. The molecular formula is C16H18N2OS. The molecule has 0 spiro atoms. The van der Waals surface area contributed by atoms with Crippen LogP contribution >= 0.6 is 11.8 Å². The van der Waals surface area contributed by atoms with Crippen molar-refractivity contribution < 1.29 is 4.74 Å². The Labute approximate surface area is 123 Å². The minimum Gasteiger partial charge on any atom is -0.494 e. The van der Waals surface area contributed by atoms with E-state index in [2.05, 4.69) is 4.99 Å². The van der Waals surface area contributed by atoms with E-state index in [-0.39, 0.29) is 0 Å². The zero-order valence-corrected chi connectivity index (χ0v) is 12.5. The number of ether oxygens (including phenoxy) is 1. The van der Waals surface area contributed by atoms with Gasteiger partial charge in [0.05, 0.1) is 12.3 Å². The second-order valence-electron chi connectivity index (χ2n) is 4.15. The first-order valence-corrected chi connectivity index (χ1v) is 7.67. The van der Waals surface area contributed by atoms with Gasteiger partial charge in [0.2, 0.25) is 0 Å². The topological polar surface area (TPSA) is 47.6 Å². The van der Waals surface area contributed by atoms with Gasteiger partial charge in [0.15, 0.2) is 0 Å². The molecule has 0 unspecified atom stereocenters. The standard InChI is InChI=1S/C16H18N2OS/c1-3-19-14-8-6-13(7-9-14)18-16(17)12-4-10-15(20-2)11-5-12/h4-11H,3H2,1-2H3,(H2,17,18). The first-order valence-electron chi connectivity index (χ1n) is 6.44. The van der Waals surface area contributed by atoms with Crippen molar-refractivity contribution in [3.8, 4) is 5.75 Å². The van der Waals surface area contributed by atoms with Crippen molar-refractivity contribution in [1.29, 1.82) is 0 Å². The van der Waals surface area contributed by atoms with Gasteiger partial charge in [-0.1, -0.05) is 12.1 Å². The SMILES string of the molecule is CCOc1ccc(N=C(N)c2ccc(SC)cc2)cc1. The normalized spacial score (nSPS) is 11.4. The zero-order valence-electron chi connectivity index (χ0n) is 11.7. The molecule has 2 aromatic rings. The van der Waals surface area contributed by atoms with E-state index in [1.54, 1.807) is 11.8 Å². The maximum Gasteiger partial charge on any atom is 0.131 e. The first kappa shape index (κ1) is 14.5. The van der Waals surface area contributed by atoms with E-state index in [1.807, 2.05) is 61.7 Å². The third kappa shape index (κ3) is 3.78. The monoisotopic (exact) mass is 286 g/mol. The van der Waals surface area contributed by atoms with Gasteiger partial charge in [-0.15, -0.1) is 11.8 Å². The van der Waals surface area contributed by atoms with Gasteiger partial charge in [0, 0.05) is 10.5 Å². The zero-order chi connectivity index (χ0) is 14.4. The fraction of sp³-hybridized carbons (Fsp3) is 0.188. The Hall–Kier alpha value is -1.94. The van der Waals surface area contributed by atoms with E-state index in [9.17, 15) is 0 Å². The third-order valence-corrected chi connectivity index (χ3v) is 3.53. The van der Waals surface area contributed by atoms with E-state index in [4.69, 9.17) is 10.5 Å². The van der Waals surface area contributed by atoms with E-state index in [0.29, 0.717) is 12.4 Å². The molecule has 0 aliphatic carbocycles. The van der Waals surface area contributed by atoms with Gasteiger partial charge in [-0.05, 0) is 49.6 Å². The van der Waals surface area contributed by atoms with Crippen molar-refractivity contribution >= 4 is 23.3 Å². The number of thioether (sulfide) groups is 1. The molecular weight excluding hydrogens is 268 g/mol. The highest BCUT2D eigenvalue weighted by Gasteiger charge is 2.00. The van der Waals surface area contributed by atoms with Crippen LogP contribution in [0, 0.1) is 0 Å². The lowest BCUT2D eigenvalue weighted by atomic mass is 10.2.